The van der Waals surface area contributed by atoms with Crippen LogP contribution in [0.4, 0.5) is 10.5 Å². The summed E-state index contributed by atoms with van der Waals surface area (Å²) in [6.45, 7) is 13.6. The first kappa shape index (κ1) is 43.4. The third-order valence-corrected chi connectivity index (χ3v) is 11.9. The summed E-state index contributed by atoms with van der Waals surface area (Å²) in [5, 5.41) is 8.05. The molecular formula is C54H54N3O7+. The molecule has 0 radical (unpaired) electrons. The third kappa shape index (κ3) is 8.99. The SMILES string of the molecule is CCNc1cc2oc3cc(=[NH+]CC)c(C)cc-3c(-c3ccccc3C(=O)OCc3ccc(COC(=O)[C@@H](NC(=O)OCC4c5ccccc5-c5ccccc54)C(C)C)cc3)c2cc1C. The number of carbonyl (C=O) groups is 3. The Morgan fingerprint density at radius 2 is 1.33 bits per heavy atom. The molecular weight excluding hydrogens is 803 g/mol. The van der Waals surface area contributed by atoms with Gasteiger partial charge in [0.2, 0.25) is 5.36 Å². The molecule has 3 aliphatic rings. The van der Waals surface area contributed by atoms with Crippen LogP contribution < -0.4 is 21.0 Å². The van der Waals surface area contributed by atoms with Crippen LogP contribution in [0.1, 0.15) is 77.4 Å². The Kier molecular flexibility index (Phi) is 12.9. The molecule has 1 amide bonds. The minimum atomic E-state index is -0.905. The van der Waals surface area contributed by atoms with E-state index in [4.69, 9.17) is 18.6 Å². The van der Waals surface area contributed by atoms with Crippen LogP contribution >= 0.6 is 0 Å². The highest BCUT2D eigenvalue weighted by Crippen LogP contribution is 2.45. The van der Waals surface area contributed by atoms with Crippen molar-refractivity contribution in [2.75, 3.05) is 25.0 Å². The second-order valence-electron chi connectivity index (χ2n) is 16.6. The number of ether oxygens (including phenoxy) is 3. The van der Waals surface area contributed by atoms with Gasteiger partial charge in [0.1, 0.15) is 43.8 Å². The average Bonchev–Trinajstić information content (AvgIpc) is 3.62. The third-order valence-electron chi connectivity index (χ3n) is 11.9. The Balaban J connectivity index is 0.920. The first-order valence-corrected chi connectivity index (χ1v) is 22.0. The molecule has 10 heteroatoms. The molecule has 0 saturated heterocycles. The van der Waals surface area contributed by atoms with Crippen LogP contribution in [0.2, 0.25) is 0 Å². The highest BCUT2D eigenvalue weighted by molar-refractivity contribution is 6.08. The van der Waals surface area contributed by atoms with Crippen molar-refractivity contribution >= 4 is 34.7 Å². The Labute approximate surface area is 373 Å². The van der Waals surface area contributed by atoms with E-state index in [1.54, 1.807) is 6.07 Å². The van der Waals surface area contributed by atoms with Crippen molar-refractivity contribution in [2.24, 2.45) is 5.92 Å². The normalized spacial score (nSPS) is 12.8. The lowest BCUT2D eigenvalue weighted by Gasteiger charge is -2.21. The van der Waals surface area contributed by atoms with Gasteiger partial charge in [0, 0.05) is 46.3 Å². The van der Waals surface area contributed by atoms with Gasteiger partial charge in [0.25, 0.3) is 0 Å². The maximum absolute atomic E-state index is 14.0. The van der Waals surface area contributed by atoms with Gasteiger partial charge in [-0.1, -0.05) is 105 Å². The maximum Gasteiger partial charge on any atom is 0.407 e. The molecule has 5 aromatic carbocycles. The van der Waals surface area contributed by atoms with E-state index in [9.17, 15) is 14.4 Å². The quantitative estimate of drug-likeness (QED) is 0.0561. The Morgan fingerprint density at radius 1 is 0.703 bits per heavy atom. The lowest BCUT2D eigenvalue weighted by Crippen LogP contribution is -2.76. The van der Waals surface area contributed by atoms with Gasteiger partial charge in [-0.15, -0.1) is 0 Å². The molecule has 0 aromatic heterocycles. The summed E-state index contributed by atoms with van der Waals surface area (Å²) in [6, 6.07) is 38.5. The van der Waals surface area contributed by atoms with Gasteiger partial charge < -0.3 is 29.3 Å². The van der Waals surface area contributed by atoms with Crippen molar-refractivity contribution < 1.29 is 38.0 Å². The minimum absolute atomic E-state index is 0.00190. The van der Waals surface area contributed by atoms with Gasteiger partial charge in [0.05, 0.1) is 11.6 Å². The Hall–Kier alpha value is -7.20. The van der Waals surface area contributed by atoms with Crippen molar-refractivity contribution in [3.05, 3.63) is 166 Å². The van der Waals surface area contributed by atoms with E-state index in [2.05, 4.69) is 79.7 Å². The zero-order valence-electron chi connectivity index (χ0n) is 37.2. The number of anilines is 1. The second kappa shape index (κ2) is 19.0. The predicted octanol–water partition coefficient (Wildman–Crippen LogP) is 9.22. The summed E-state index contributed by atoms with van der Waals surface area (Å²) in [5.41, 5.74) is 12.8. The molecule has 0 saturated carbocycles. The van der Waals surface area contributed by atoms with Crippen LogP contribution in [0.25, 0.3) is 44.5 Å². The van der Waals surface area contributed by atoms with E-state index in [0.29, 0.717) is 16.9 Å². The zero-order chi connectivity index (χ0) is 44.9. The van der Waals surface area contributed by atoms with E-state index in [1.807, 2.05) is 92.7 Å². The molecule has 1 aliphatic heterocycles. The van der Waals surface area contributed by atoms with Gasteiger partial charge in [-0.2, -0.15) is 0 Å². The van der Waals surface area contributed by atoms with Crippen LogP contribution in [-0.2, 0) is 32.2 Å². The smallest absolute Gasteiger partial charge is 0.407 e. The van der Waals surface area contributed by atoms with E-state index in [1.165, 1.54) is 0 Å². The monoisotopic (exact) mass is 856 g/mol. The number of alkyl carbamates (subject to hydrolysis) is 1. The van der Waals surface area contributed by atoms with Crippen LogP contribution in [0.3, 0.4) is 0 Å². The zero-order valence-corrected chi connectivity index (χ0v) is 37.2. The fourth-order valence-electron chi connectivity index (χ4n) is 8.60. The number of aryl methyl sites for hydroxylation is 2. The molecule has 326 valence electrons. The first-order valence-electron chi connectivity index (χ1n) is 22.0. The number of nitrogens with one attached hydrogen (secondary N) is 3. The summed E-state index contributed by atoms with van der Waals surface area (Å²) in [7, 11) is 0. The lowest BCUT2D eigenvalue weighted by atomic mass is 9.89. The second-order valence-corrected chi connectivity index (χ2v) is 16.6. The standard InChI is InChI=1S/C54H53N3O7/c1-7-55-46-27-48-43(25-33(46)5)50(44-26-34(6)47(56-8-2)28-49(44)64-48)41-19-13-14-20-42(41)52(58)61-29-35-21-23-36(24-22-35)30-62-53(59)51(32(3)4)57-54(60)63-31-45-39-17-11-9-15-37(39)38-16-10-12-18-40(38)45/h9-28,32,45,51,55H,7-8,29-31H2,1-6H3,(H,57,60)/p+1/t51-/m0/s1. The topological polar surface area (TPSA) is 130 Å². The van der Waals surface area contributed by atoms with Gasteiger partial charge in [-0.05, 0) is 96.3 Å². The Bertz CT molecular complexity index is 2850. The highest BCUT2D eigenvalue weighted by atomic mass is 16.6. The fraction of sp³-hybridized carbons (Fsp3) is 0.259. The summed E-state index contributed by atoms with van der Waals surface area (Å²) in [4.78, 5) is 43.8. The van der Waals surface area contributed by atoms with Crippen LogP contribution in [-0.4, -0.2) is 43.8 Å². The predicted molar refractivity (Wildman–Crippen MR) is 249 cm³/mol. The highest BCUT2D eigenvalue weighted by Gasteiger charge is 2.31. The largest absolute Gasteiger partial charge is 0.459 e. The van der Waals surface area contributed by atoms with Gasteiger partial charge in [-0.3, -0.25) is 0 Å². The molecule has 0 fully saturated rings. The number of benzene rings is 6. The fourth-order valence-corrected chi connectivity index (χ4v) is 8.60. The van der Waals surface area contributed by atoms with Gasteiger partial charge in [0.15, 0.2) is 0 Å². The molecule has 0 unspecified atom stereocenters. The maximum atomic E-state index is 14.0. The summed E-state index contributed by atoms with van der Waals surface area (Å²) in [6.07, 6.45) is -0.678. The molecule has 64 heavy (non-hydrogen) atoms. The molecule has 0 bridgehead atoms. The van der Waals surface area contributed by atoms with E-state index >= 15 is 0 Å². The minimum Gasteiger partial charge on any atom is -0.459 e. The summed E-state index contributed by atoms with van der Waals surface area (Å²) in [5.74, 6) is -0.656. The molecule has 8 rings (SSSR count). The van der Waals surface area contributed by atoms with Crippen molar-refractivity contribution in [1.29, 1.82) is 0 Å². The van der Waals surface area contributed by atoms with Crippen LogP contribution in [0, 0.1) is 19.8 Å². The average molecular weight is 857 g/mol. The molecule has 2 aliphatic carbocycles. The van der Waals surface area contributed by atoms with Crippen LogP contribution in [0.15, 0.2) is 126 Å². The number of hydrogen-bond donors (Lipinski definition) is 3. The molecule has 0 spiro atoms. The van der Waals surface area contributed by atoms with E-state index in [-0.39, 0.29) is 31.7 Å². The number of rotatable bonds is 14. The molecule has 10 nitrogen and oxygen atoms in total. The van der Waals surface area contributed by atoms with Crippen molar-refractivity contribution in [3.63, 3.8) is 0 Å². The molecule has 1 atom stereocenters. The van der Waals surface area contributed by atoms with Crippen molar-refractivity contribution in [1.82, 2.24) is 5.32 Å². The summed E-state index contributed by atoms with van der Waals surface area (Å²) < 4.78 is 23.9. The van der Waals surface area contributed by atoms with Gasteiger partial charge in [-0.25, -0.2) is 19.4 Å². The molecule has 1 heterocycles. The number of fused-ring (bicyclic) bond motifs is 5. The van der Waals surface area contributed by atoms with Gasteiger partial charge >= 0.3 is 18.0 Å². The summed E-state index contributed by atoms with van der Waals surface area (Å²) >= 11 is 0. The van der Waals surface area contributed by atoms with Crippen molar-refractivity contribution in [3.8, 4) is 33.6 Å². The molecule has 3 N–H and O–H groups in total. The van der Waals surface area contributed by atoms with Crippen molar-refractivity contribution in [2.45, 2.75) is 66.7 Å². The number of amides is 1. The number of esters is 2. The van der Waals surface area contributed by atoms with Crippen LogP contribution in [0.5, 0.6) is 0 Å². The lowest BCUT2D eigenvalue weighted by molar-refractivity contribution is -0.496. The first-order chi connectivity index (χ1) is 31.0. The molecule has 5 aromatic rings. The number of carbonyl (C=O) groups excluding carboxylic acids is 3. The number of hydrogen-bond acceptors (Lipinski definition) is 8. The Morgan fingerprint density at radius 3 is 1.97 bits per heavy atom. The van der Waals surface area contributed by atoms with E-state index < -0.39 is 24.1 Å². The van der Waals surface area contributed by atoms with E-state index in [0.717, 1.165) is 90.7 Å².